The summed E-state index contributed by atoms with van der Waals surface area (Å²) >= 11 is 0. The smallest absolute Gasteiger partial charge is 0.250 e. The van der Waals surface area contributed by atoms with Crippen molar-refractivity contribution in [2.45, 2.75) is 32.5 Å². The predicted molar refractivity (Wildman–Crippen MR) is 121 cm³/mol. The van der Waals surface area contributed by atoms with Crippen molar-refractivity contribution in [2.24, 2.45) is 5.92 Å². The predicted octanol–water partition coefficient (Wildman–Crippen LogP) is 4.91. The van der Waals surface area contributed by atoms with Crippen molar-refractivity contribution in [3.8, 4) is 17.2 Å². The van der Waals surface area contributed by atoms with Crippen LogP contribution in [0.25, 0.3) is 11.1 Å². The number of hydrogen-bond donors (Lipinski definition) is 1. The standard InChI is InChI=1S/C26H27N3O2/c1-19(2)17-24(26(30)29-16-14-27)31-25(21-7-4-3-5-8-21)22-12-10-20(11-13-22)23-9-6-15-28-18-23/h3-13,15,18-19,24-25H,16-17H2,1-2H3,(H,29,30)/t24-,25?/m0/s1. The Kier molecular flexibility index (Phi) is 7.91. The van der Waals surface area contributed by atoms with E-state index in [1.165, 1.54) is 0 Å². The third-order valence-electron chi connectivity index (χ3n) is 4.93. The summed E-state index contributed by atoms with van der Waals surface area (Å²) in [5, 5.41) is 11.5. The number of nitrogens with zero attached hydrogens (tertiary/aromatic N) is 2. The molecule has 0 saturated heterocycles. The normalized spacial score (nSPS) is 12.7. The summed E-state index contributed by atoms with van der Waals surface area (Å²) in [6, 6.07) is 23.9. The molecular formula is C26H27N3O2. The first kappa shape index (κ1) is 22.2. The number of amides is 1. The Hall–Kier alpha value is -3.49. The Morgan fingerprint density at radius 2 is 1.71 bits per heavy atom. The third kappa shape index (κ3) is 6.24. The molecule has 0 saturated carbocycles. The summed E-state index contributed by atoms with van der Waals surface area (Å²) in [5.41, 5.74) is 4.04. The molecule has 0 aliphatic carbocycles. The van der Waals surface area contributed by atoms with Crippen LogP contribution >= 0.6 is 0 Å². The number of pyridine rings is 1. The number of nitrogens with one attached hydrogen (secondary N) is 1. The Labute approximate surface area is 183 Å². The largest absolute Gasteiger partial charge is 0.356 e. The first-order valence-corrected chi connectivity index (χ1v) is 10.4. The lowest BCUT2D eigenvalue weighted by molar-refractivity contribution is -0.136. The minimum absolute atomic E-state index is 0.0351. The number of aromatic nitrogens is 1. The van der Waals surface area contributed by atoms with Gasteiger partial charge in [0.05, 0.1) is 6.07 Å². The summed E-state index contributed by atoms with van der Waals surface area (Å²) in [6.07, 6.45) is 3.09. The second-order valence-corrected chi connectivity index (χ2v) is 7.78. The molecule has 3 aromatic rings. The van der Waals surface area contributed by atoms with Gasteiger partial charge in [-0.05, 0) is 40.7 Å². The van der Waals surface area contributed by atoms with Crippen LogP contribution in [0.1, 0.15) is 37.5 Å². The van der Waals surface area contributed by atoms with E-state index < -0.39 is 12.2 Å². The highest BCUT2D eigenvalue weighted by atomic mass is 16.5. The number of nitriles is 1. The van der Waals surface area contributed by atoms with Gasteiger partial charge in [-0.3, -0.25) is 9.78 Å². The van der Waals surface area contributed by atoms with Gasteiger partial charge in [-0.1, -0.05) is 74.5 Å². The summed E-state index contributed by atoms with van der Waals surface area (Å²) in [6.45, 7) is 4.06. The molecule has 2 aromatic carbocycles. The molecule has 31 heavy (non-hydrogen) atoms. The van der Waals surface area contributed by atoms with Crippen molar-refractivity contribution in [3.05, 3.63) is 90.3 Å². The Balaban J connectivity index is 1.91. The number of carbonyl (C=O) groups is 1. The lowest BCUT2D eigenvalue weighted by Crippen LogP contribution is -2.38. The van der Waals surface area contributed by atoms with Gasteiger partial charge >= 0.3 is 0 Å². The van der Waals surface area contributed by atoms with Gasteiger partial charge in [0.1, 0.15) is 18.8 Å². The number of ether oxygens (including phenoxy) is 1. The van der Waals surface area contributed by atoms with E-state index in [1.54, 1.807) is 6.20 Å². The van der Waals surface area contributed by atoms with Crippen LogP contribution in [0.2, 0.25) is 0 Å². The van der Waals surface area contributed by atoms with Crippen molar-refractivity contribution in [1.29, 1.82) is 5.26 Å². The Bertz CT molecular complexity index is 996. The number of benzene rings is 2. The fourth-order valence-electron chi connectivity index (χ4n) is 3.42. The zero-order valence-corrected chi connectivity index (χ0v) is 17.9. The van der Waals surface area contributed by atoms with Crippen molar-refractivity contribution < 1.29 is 9.53 Å². The molecule has 1 unspecified atom stereocenters. The van der Waals surface area contributed by atoms with Gasteiger partial charge < -0.3 is 10.1 Å². The molecule has 3 rings (SSSR count). The third-order valence-corrected chi connectivity index (χ3v) is 4.93. The van der Waals surface area contributed by atoms with Gasteiger partial charge in [0, 0.05) is 12.4 Å². The van der Waals surface area contributed by atoms with Gasteiger partial charge in [0.2, 0.25) is 5.91 Å². The average molecular weight is 414 g/mol. The molecule has 0 aliphatic heterocycles. The Morgan fingerprint density at radius 3 is 2.32 bits per heavy atom. The number of carbonyl (C=O) groups excluding carboxylic acids is 1. The zero-order chi connectivity index (χ0) is 22.1. The van der Waals surface area contributed by atoms with Crippen LogP contribution in [-0.2, 0) is 9.53 Å². The van der Waals surface area contributed by atoms with Crippen LogP contribution in [0, 0.1) is 17.2 Å². The molecule has 1 aromatic heterocycles. The highest BCUT2D eigenvalue weighted by molar-refractivity contribution is 5.81. The summed E-state index contributed by atoms with van der Waals surface area (Å²) < 4.78 is 6.40. The minimum atomic E-state index is -0.656. The zero-order valence-electron chi connectivity index (χ0n) is 17.9. The second kappa shape index (κ2) is 11.1. The molecule has 0 radical (unpaired) electrons. The Morgan fingerprint density at radius 1 is 1.00 bits per heavy atom. The van der Waals surface area contributed by atoms with Crippen LogP contribution in [0.5, 0.6) is 0 Å². The molecule has 0 spiro atoms. The molecule has 158 valence electrons. The quantitative estimate of drug-likeness (QED) is 0.506. The highest BCUT2D eigenvalue weighted by Gasteiger charge is 2.26. The number of hydrogen-bond acceptors (Lipinski definition) is 4. The maximum absolute atomic E-state index is 12.7. The van der Waals surface area contributed by atoms with E-state index in [4.69, 9.17) is 10.00 Å². The van der Waals surface area contributed by atoms with Gasteiger partial charge in [-0.25, -0.2) is 0 Å². The first-order valence-electron chi connectivity index (χ1n) is 10.4. The van der Waals surface area contributed by atoms with Crippen LogP contribution in [0.3, 0.4) is 0 Å². The van der Waals surface area contributed by atoms with Crippen LogP contribution in [-0.4, -0.2) is 23.5 Å². The second-order valence-electron chi connectivity index (χ2n) is 7.78. The van der Waals surface area contributed by atoms with Crippen molar-refractivity contribution in [1.82, 2.24) is 10.3 Å². The molecule has 0 aliphatic rings. The van der Waals surface area contributed by atoms with Crippen LogP contribution < -0.4 is 5.32 Å². The van der Waals surface area contributed by atoms with Gasteiger partial charge in [0.15, 0.2) is 0 Å². The monoisotopic (exact) mass is 413 g/mol. The maximum Gasteiger partial charge on any atom is 0.250 e. The lowest BCUT2D eigenvalue weighted by Gasteiger charge is -2.26. The first-order chi connectivity index (χ1) is 15.1. The fraction of sp³-hybridized carbons (Fsp3) is 0.269. The van der Waals surface area contributed by atoms with Crippen molar-refractivity contribution >= 4 is 5.91 Å². The molecule has 1 heterocycles. The van der Waals surface area contributed by atoms with E-state index in [1.807, 2.05) is 92.8 Å². The van der Waals surface area contributed by atoms with E-state index in [9.17, 15) is 4.79 Å². The van der Waals surface area contributed by atoms with Crippen LogP contribution in [0.4, 0.5) is 0 Å². The lowest BCUT2D eigenvalue weighted by atomic mass is 9.97. The van der Waals surface area contributed by atoms with Crippen molar-refractivity contribution in [3.63, 3.8) is 0 Å². The molecule has 2 atom stereocenters. The van der Waals surface area contributed by atoms with Crippen molar-refractivity contribution in [2.75, 3.05) is 6.54 Å². The van der Waals surface area contributed by atoms with E-state index in [2.05, 4.69) is 10.3 Å². The minimum Gasteiger partial charge on any atom is -0.356 e. The molecule has 0 fully saturated rings. The van der Waals surface area contributed by atoms with Crippen LogP contribution in [0.15, 0.2) is 79.1 Å². The van der Waals surface area contributed by atoms with Gasteiger partial charge in [-0.15, -0.1) is 0 Å². The molecule has 1 amide bonds. The SMILES string of the molecule is CC(C)C[C@H](OC(c1ccccc1)c1ccc(-c2cccnc2)cc1)C(=O)NCC#N. The maximum atomic E-state index is 12.7. The molecular weight excluding hydrogens is 386 g/mol. The summed E-state index contributed by atoms with van der Waals surface area (Å²) in [5.74, 6) is 0.00498. The molecule has 0 bridgehead atoms. The average Bonchev–Trinajstić information content (AvgIpc) is 2.81. The number of rotatable bonds is 9. The van der Waals surface area contributed by atoms with E-state index in [0.717, 1.165) is 22.3 Å². The molecule has 5 heteroatoms. The van der Waals surface area contributed by atoms with E-state index in [0.29, 0.717) is 6.42 Å². The topological polar surface area (TPSA) is 75.0 Å². The van der Waals surface area contributed by atoms with E-state index in [-0.39, 0.29) is 18.4 Å². The van der Waals surface area contributed by atoms with E-state index >= 15 is 0 Å². The molecule has 5 nitrogen and oxygen atoms in total. The van der Waals surface area contributed by atoms with Gasteiger partial charge in [-0.2, -0.15) is 5.26 Å². The highest BCUT2D eigenvalue weighted by Crippen LogP contribution is 2.30. The summed E-state index contributed by atoms with van der Waals surface area (Å²) in [4.78, 5) is 16.9. The fourth-order valence-corrected chi connectivity index (χ4v) is 3.42. The molecule has 1 N–H and O–H groups in total. The summed E-state index contributed by atoms with van der Waals surface area (Å²) in [7, 11) is 0. The van der Waals surface area contributed by atoms with Gasteiger partial charge in [0.25, 0.3) is 0 Å².